The molecule has 1 saturated carbocycles. The van der Waals surface area contributed by atoms with E-state index in [0.717, 1.165) is 0 Å². The number of hydrogen-bond acceptors (Lipinski definition) is 5. The molecule has 1 fully saturated rings. The molecule has 2 aliphatic rings. The van der Waals surface area contributed by atoms with Crippen molar-refractivity contribution in [2.45, 2.75) is 11.8 Å². The zero-order chi connectivity index (χ0) is 16.2. The fourth-order valence-electron chi connectivity index (χ4n) is 3.79. The smallest absolute Gasteiger partial charge is 0.317 e. The topological polar surface area (TPSA) is 106 Å². The van der Waals surface area contributed by atoms with Gasteiger partial charge in [0.1, 0.15) is 5.82 Å². The molecule has 3 atom stereocenters. The Bertz CT molecular complexity index is 762. The van der Waals surface area contributed by atoms with Crippen LogP contribution < -0.4 is 10.7 Å². The molecule has 0 spiro atoms. The van der Waals surface area contributed by atoms with Gasteiger partial charge in [0.25, 0.3) is 5.84 Å². The third-order valence-corrected chi connectivity index (χ3v) is 4.79. The lowest BCUT2D eigenvalue weighted by Crippen LogP contribution is -2.90. The van der Waals surface area contributed by atoms with Gasteiger partial charge in [-0.25, -0.2) is 9.38 Å². The number of fused-ring (bicyclic) bond motifs is 1. The van der Waals surface area contributed by atoms with Crippen LogP contribution in [-0.4, -0.2) is 26.0 Å². The summed E-state index contributed by atoms with van der Waals surface area (Å²) in [5.74, 6) is -2.83. The van der Waals surface area contributed by atoms with Crippen molar-refractivity contribution in [2.24, 2.45) is 16.6 Å². The van der Waals surface area contributed by atoms with Crippen LogP contribution in [-0.2, 0) is 9.47 Å². The van der Waals surface area contributed by atoms with Crippen LogP contribution in [0.25, 0.3) is 0 Å². The van der Waals surface area contributed by atoms with Crippen molar-refractivity contribution < 1.29 is 18.9 Å². The zero-order valence-electron chi connectivity index (χ0n) is 12.1. The van der Waals surface area contributed by atoms with E-state index in [1.54, 1.807) is 18.2 Å². The first-order valence-electron chi connectivity index (χ1n) is 6.59. The Balaban J connectivity index is 2.29. The van der Waals surface area contributed by atoms with Crippen molar-refractivity contribution in [3.05, 3.63) is 35.6 Å². The molecule has 112 valence electrons. The Morgan fingerprint density at radius 2 is 1.86 bits per heavy atom. The van der Waals surface area contributed by atoms with Crippen LogP contribution in [0.3, 0.4) is 0 Å². The zero-order valence-corrected chi connectivity index (χ0v) is 12.1. The normalized spacial score (nSPS) is 34.2. The summed E-state index contributed by atoms with van der Waals surface area (Å²) in [5, 5.41) is 19.5. The number of methoxy groups -OCH3 is 2. The second kappa shape index (κ2) is 4.26. The number of rotatable bonds is 3. The summed E-state index contributed by atoms with van der Waals surface area (Å²) in [6.45, 7) is 0. The van der Waals surface area contributed by atoms with E-state index in [9.17, 15) is 14.9 Å². The summed E-state index contributed by atoms with van der Waals surface area (Å²) in [7, 11) is 2.68. The van der Waals surface area contributed by atoms with Crippen LogP contribution in [0.1, 0.15) is 11.5 Å². The lowest BCUT2D eigenvalue weighted by Gasteiger charge is -2.26. The van der Waals surface area contributed by atoms with Gasteiger partial charge in [0.05, 0.1) is 12.1 Å². The standard InChI is InChI=1S/C15H13FN4O2/c1-21-15(22-2)14(8-18)11(9-5-3-4-6-10(9)16)13(14,7-17)12(19)20-15/h3-6,11H,1-2H3,(H2,19,20)/p+1/t11-,13+,14+/m0/s1. The Labute approximate surface area is 126 Å². The molecule has 0 radical (unpaired) electrons. The number of amidine groups is 1. The minimum absolute atomic E-state index is 0.0495. The highest BCUT2D eigenvalue weighted by molar-refractivity contribution is 5.95. The maximum absolute atomic E-state index is 14.2. The summed E-state index contributed by atoms with van der Waals surface area (Å²) in [5.41, 5.74) is 3.35. The average Bonchev–Trinajstić information content (AvgIpc) is 3.10. The third-order valence-electron chi connectivity index (χ3n) is 4.79. The molecule has 3 rings (SSSR count). The van der Waals surface area contributed by atoms with E-state index in [0.29, 0.717) is 0 Å². The fraction of sp³-hybridized carbons (Fsp3) is 0.400. The number of nitriles is 2. The first-order chi connectivity index (χ1) is 10.5. The second-order valence-corrected chi connectivity index (χ2v) is 5.36. The van der Waals surface area contributed by atoms with Crippen LogP contribution in [0.2, 0.25) is 0 Å². The number of nitrogens with two attached hydrogens (primary N) is 1. The summed E-state index contributed by atoms with van der Waals surface area (Å²) in [6, 6.07) is 10.2. The molecule has 6 nitrogen and oxygen atoms in total. The van der Waals surface area contributed by atoms with E-state index in [1.165, 1.54) is 20.3 Å². The Morgan fingerprint density at radius 3 is 2.36 bits per heavy atom. The SMILES string of the molecule is COC1(OC)[NH+]=C(N)[C@@]2(C#N)[C@H](c3ccccc3F)[C@@]12C#N. The first-order valence-corrected chi connectivity index (χ1v) is 6.59. The van der Waals surface area contributed by atoms with Crippen molar-refractivity contribution >= 4 is 5.84 Å². The number of nitrogens with one attached hydrogen (secondary N) is 1. The van der Waals surface area contributed by atoms with Gasteiger partial charge in [-0.05, 0) is 11.6 Å². The van der Waals surface area contributed by atoms with Gasteiger partial charge in [-0.15, -0.1) is 0 Å². The van der Waals surface area contributed by atoms with Crippen molar-refractivity contribution in [1.29, 1.82) is 10.5 Å². The maximum Gasteiger partial charge on any atom is 0.342 e. The molecule has 0 amide bonds. The summed E-state index contributed by atoms with van der Waals surface area (Å²) >= 11 is 0. The monoisotopic (exact) mass is 301 g/mol. The predicted octanol–water partition coefficient (Wildman–Crippen LogP) is -0.659. The van der Waals surface area contributed by atoms with E-state index < -0.39 is 28.5 Å². The van der Waals surface area contributed by atoms with Gasteiger partial charge in [0.15, 0.2) is 10.8 Å². The van der Waals surface area contributed by atoms with Crippen LogP contribution in [0.4, 0.5) is 4.39 Å². The second-order valence-electron chi connectivity index (χ2n) is 5.36. The third kappa shape index (κ3) is 1.19. The fourth-order valence-corrected chi connectivity index (χ4v) is 3.79. The van der Waals surface area contributed by atoms with Crippen LogP contribution in [0, 0.1) is 39.3 Å². The van der Waals surface area contributed by atoms with Gasteiger partial charge in [-0.2, -0.15) is 10.5 Å². The molecule has 0 aromatic heterocycles. The molecule has 1 aromatic carbocycles. The molecular weight excluding hydrogens is 287 g/mol. The van der Waals surface area contributed by atoms with Gasteiger partial charge in [0.2, 0.25) is 0 Å². The average molecular weight is 301 g/mol. The molecule has 1 aromatic rings. The van der Waals surface area contributed by atoms with E-state index >= 15 is 0 Å². The molecule has 3 N–H and O–H groups in total. The maximum atomic E-state index is 14.2. The Hall–Kier alpha value is -2.48. The lowest BCUT2D eigenvalue weighted by molar-refractivity contribution is -0.687. The van der Waals surface area contributed by atoms with E-state index in [4.69, 9.17) is 15.2 Å². The van der Waals surface area contributed by atoms with Crippen molar-refractivity contribution in [3.8, 4) is 12.1 Å². The van der Waals surface area contributed by atoms with Crippen molar-refractivity contribution in [3.63, 3.8) is 0 Å². The Kier molecular flexibility index (Phi) is 2.80. The van der Waals surface area contributed by atoms with Gasteiger partial charge >= 0.3 is 5.91 Å². The molecule has 22 heavy (non-hydrogen) atoms. The first kappa shape index (κ1) is 14.5. The van der Waals surface area contributed by atoms with E-state index in [2.05, 4.69) is 17.1 Å². The number of halogens is 1. The van der Waals surface area contributed by atoms with E-state index in [1.807, 2.05) is 0 Å². The molecule has 7 heteroatoms. The van der Waals surface area contributed by atoms with Crippen molar-refractivity contribution in [1.82, 2.24) is 0 Å². The molecule has 1 aliphatic heterocycles. The van der Waals surface area contributed by atoms with Crippen LogP contribution in [0.5, 0.6) is 0 Å². The molecule has 1 aliphatic carbocycles. The van der Waals surface area contributed by atoms with Crippen LogP contribution >= 0.6 is 0 Å². The molecule has 0 bridgehead atoms. The summed E-state index contributed by atoms with van der Waals surface area (Å²) in [6.07, 6.45) is 0. The van der Waals surface area contributed by atoms with Gasteiger partial charge < -0.3 is 9.47 Å². The molecule has 0 unspecified atom stereocenters. The van der Waals surface area contributed by atoms with Gasteiger partial charge in [-0.1, -0.05) is 18.2 Å². The molecular formula is C15H14FN4O2+. The highest BCUT2D eigenvalue weighted by Gasteiger charge is 2.97. The summed E-state index contributed by atoms with van der Waals surface area (Å²) in [4.78, 5) is 2.75. The number of benzene rings is 1. The minimum Gasteiger partial charge on any atom is -0.317 e. The number of hydrogen-bond donors (Lipinski definition) is 2. The Morgan fingerprint density at radius 1 is 1.23 bits per heavy atom. The quantitative estimate of drug-likeness (QED) is 0.721. The molecule has 0 saturated heterocycles. The van der Waals surface area contributed by atoms with Gasteiger partial charge in [0, 0.05) is 20.1 Å². The molecule has 1 heterocycles. The lowest BCUT2D eigenvalue weighted by atomic mass is 9.93. The largest absolute Gasteiger partial charge is 0.342 e. The summed E-state index contributed by atoms with van der Waals surface area (Å²) < 4.78 is 24.9. The minimum atomic E-state index is -1.60. The van der Waals surface area contributed by atoms with Crippen LogP contribution in [0.15, 0.2) is 24.3 Å². The predicted molar refractivity (Wildman–Crippen MR) is 72.1 cm³/mol. The van der Waals surface area contributed by atoms with Gasteiger partial charge in [-0.3, -0.25) is 5.73 Å². The van der Waals surface area contributed by atoms with Crippen molar-refractivity contribution in [2.75, 3.05) is 14.2 Å². The number of nitrogens with zero attached hydrogens (tertiary/aromatic N) is 2. The highest BCUT2D eigenvalue weighted by atomic mass is 19.1. The van der Waals surface area contributed by atoms with E-state index in [-0.39, 0.29) is 11.4 Å². The highest BCUT2D eigenvalue weighted by Crippen LogP contribution is 2.78. The number of ether oxygens (including phenoxy) is 2.